The quantitative estimate of drug-likeness (QED) is 0.246. The summed E-state index contributed by atoms with van der Waals surface area (Å²) in [5.74, 6) is 2.51. The Morgan fingerprint density at radius 3 is 3.00 bits per heavy atom. The van der Waals surface area contributed by atoms with Crippen molar-refractivity contribution in [1.82, 2.24) is 15.3 Å². The molecule has 2 heterocycles. The van der Waals surface area contributed by atoms with Crippen LogP contribution in [0.25, 0.3) is 10.9 Å². The van der Waals surface area contributed by atoms with Crippen molar-refractivity contribution in [1.29, 1.82) is 0 Å². The Morgan fingerprint density at radius 1 is 1.34 bits per heavy atom. The number of terminal acetylenes is 1. The number of nitrogens with one attached hydrogen (secondary N) is 3. The predicted octanol–water partition coefficient (Wildman–Crippen LogP) is 3.77. The molecule has 3 aromatic rings. The minimum atomic E-state index is -0.476. The smallest absolute Gasteiger partial charge is 0.248 e. The van der Waals surface area contributed by atoms with Crippen molar-refractivity contribution >= 4 is 34.0 Å². The van der Waals surface area contributed by atoms with Gasteiger partial charge < -0.3 is 25.4 Å². The molecular formula is C26H26FN5O3. The fourth-order valence-electron chi connectivity index (χ4n) is 3.58. The number of nitrogens with zero attached hydrogens (tertiary/aromatic N) is 2. The molecule has 180 valence electrons. The minimum Gasteiger partial charge on any atom is -0.486 e. The first kappa shape index (κ1) is 24.1. The summed E-state index contributed by atoms with van der Waals surface area (Å²) in [6, 6.07) is 7.90. The summed E-state index contributed by atoms with van der Waals surface area (Å²) in [5, 5.41) is 9.82. The number of carbonyl (C=O) groups is 1. The highest BCUT2D eigenvalue weighted by atomic mass is 19.1. The first-order valence-corrected chi connectivity index (χ1v) is 11.3. The summed E-state index contributed by atoms with van der Waals surface area (Å²) in [6.45, 7) is 4.49. The molecule has 1 atom stereocenters. The molecule has 1 aromatic heterocycles. The molecule has 0 aliphatic carbocycles. The first-order chi connectivity index (χ1) is 17.1. The lowest BCUT2D eigenvalue weighted by atomic mass is 10.1. The van der Waals surface area contributed by atoms with Gasteiger partial charge in [-0.25, -0.2) is 14.4 Å². The second-order valence-electron chi connectivity index (χ2n) is 7.85. The number of aromatic nitrogens is 2. The van der Waals surface area contributed by atoms with Gasteiger partial charge in [-0.1, -0.05) is 18.9 Å². The molecule has 35 heavy (non-hydrogen) atoms. The fourth-order valence-corrected chi connectivity index (χ4v) is 3.58. The maximum Gasteiger partial charge on any atom is 0.248 e. The lowest BCUT2D eigenvalue weighted by molar-refractivity contribution is -0.111. The van der Waals surface area contributed by atoms with E-state index in [1.54, 1.807) is 24.3 Å². The maximum absolute atomic E-state index is 13.8. The zero-order valence-electron chi connectivity index (χ0n) is 19.3. The first-order valence-electron chi connectivity index (χ1n) is 11.3. The van der Waals surface area contributed by atoms with Crippen molar-refractivity contribution in [2.45, 2.75) is 19.4 Å². The van der Waals surface area contributed by atoms with Gasteiger partial charge in [0.15, 0.2) is 0 Å². The van der Waals surface area contributed by atoms with Crippen LogP contribution in [0.4, 0.5) is 21.6 Å². The highest BCUT2D eigenvalue weighted by molar-refractivity contribution is 6.03. The fraction of sp³-hybridized carbons (Fsp3) is 0.269. The zero-order chi connectivity index (χ0) is 24.6. The summed E-state index contributed by atoms with van der Waals surface area (Å²) in [6.07, 6.45) is 10.7. The van der Waals surface area contributed by atoms with Crippen LogP contribution in [0.15, 0.2) is 48.8 Å². The summed E-state index contributed by atoms with van der Waals surface area (Å²) in [7, 11) is 0. The van der Waals surface area contributed by atoms with E-state index in [0.717, 1.165) is 13.0 Å². The number of hydrogen-bond donors (Lipinski definition) is 3. The summed E-state index contributed by atoms with van der Waals surface area (Å²) >= 11 is 0. The van der Waals surface area contributed by atoms with Crippen molar-refractivity contribution in [3.05, 3.63) is 60.2 Å². The van der Waals surface area contributed by atoms with Crippen LogP contribution >= 0.6 is 0 Å². The molecule has 9 heteroatoms. The lowest BCUT2D eigenvalue weighted by Crippen LogP contribution is -2.18. The Bertz CT molecular complexity index is 1280. The van der Waals surface area contributed by atoms with Crippen molar-refractivity contribution in [2.24, 2.45) is 0 Å². The Balaban J connectivity index is 1.68. The number of halogens is 1. The number of carbonyl (C=O) groups excluding carboxylic acids is 1. The Hall–Kier alpha value is -4.00. The zero-order valence-corrected chi connectivity index (χ0v) is 19.3. The van der Waals surface area contributed by atoms with E-state index in [9.17, 15) is 9.18 Å². The van der Waals surface area contributed by atoms with E-state index in [0.29, 0.717) is 53.6 Å². The molecule has 0 saturated carbocycles. The maximum atomic E-state index is 13.8. The molecule has 0 radical (unpaired) electrons. The highest BCUT2D eigenvalue weighted by Gasteiger charge is 2.20. The van der Waals surface area contributed by atoms with Crippen LogP contribution in [0, 0.1) is 18.2 Å². The van der Waals surface area contributed by atoms with E-state index in [-0.39, 0.29) is 17.6 Å². The molecule has 1 amide bonds. The van der Waals surface area contributed by atoms with Crippen LogP contribution in [-0.2, 0) is 9.53 Å². The number of benzene rings is 2. The molecule has 0 bridgehead atoms. The van der Waals surface area contributed by atoms with Crippen LogP contribution in [-0.4, -0.2) is 48.3 Å². The largest absolute Gasteiger partial charge is 0.486 e. The Morgan fingerprint density at radius 2 is 2.23 bits per heavy atom. The van der Waals surface area contributed by atoms with Crippen LogP contribution in [0.1, 0.15) is 18.9 Å². The molecule has 2 aromatic carbocycles. The van der Waals surface area contributed by atoms with Gasteiger partial charge in [0, 0.05) is 36.2 Å². The van der Waals surface area contributed by atoms with E-state index in [1.807, 2.05) is 6.92 Å². The van der Waals surface area contributed by atoms with Crippen molar-refractivity contribution in [3.63, 3.8) is 0 Å². The number of fused-ring (bicyclic) bond motifs is 1. The number of hydrogen-bond acceptors (Lipinski definition) is 7. The standard InChI is InChI=1S/C26H26FN5O3/c1-3-17-12-18(7-8-21(17)27)31-26-20-13-23(32-25(33)6-5-10-28-4-2)24(14-22(20)29-16-30-26)35-19-9-11-34-15-19/h1,5-8,12-14,16,19,28H,4,9-11,15H2,2H3,(H,32,33)(H,29,30,31)/t19-/m0/s1. The number of ether oxygens (including phenoxy) is 2. The van der Waals surface area contributed by atoms with Crippen LogP contribution < -0.4 is 20.7 Å². The van der Waals surface area contributed by atoms with Crippen molar-refractivity contribution < 1.29 is 18.7 Å². The van der Waals surface area contributed by atoms with Gasteiger partial charge in [0.05, 0.1) is 30.0 Å². The SMILES string of the molecule is C#Cc1cc(Nc2ncnc3cc(O[C@H]4CCOC4)c(NC(=O)C=CCNCC)cc23)ccc1F. The van der Waals surface area contributed by atoms with Gasteiger partial charge in [-0.05, 0) is 30.8 Å². The summed E-state index contributed by atoms with van der Waals surface area (Å²) in [5.41, 5.74) is 1.79. The molecule has 4 rings (SSSR count). The number of amides is 1. The van der Waals surface area contributed by atoms with Crippen LogP contribution in [0.3, 0.4) is 0 Å². The third-order valence-corrected chi connectivity index (χ3v) is 5.34. The van der Waals surface area contributed by atoms with Crippen molar-refractivity contribution in [3.8, 4) is 18.1 Å². The minimum absolute atomic E-state index is 0.117. The second-order valence-corrected chi connectivity index (χ2v) is 7.85. The van der Waals surface area contributed by atoms with E-state index in [2.05, 4.69) is 31.8 Å². The highest BCUT2D eigenvalue weighted by Crippen LogP contribution is 2.34. The summed E-state index contributed by atoms with van der Waals surface area (Å²) < 4.78 is 25.4. The average Bonchev–Trinajstić information content (AvgIpc) is 3.37. The Labute approximate surface area is 202 Å². The second kappa shape index (κ2) is 11.4. The third-order valence-electron chi connectivity index (χ3n) is 5.34. The van der Waals surface area contributed by atoms with Gasteiger partial charge in [0.25, 0.3) is 0 Å². The van der Waals surface area contributed by atoms with Gasteiger partial charge >= 0.3 is 0 Å². The number of likely N-dealkylation sites (N-methyl/N-ethyl adjacent to an activating group) is 1. The van der Waals surface area contributed by atoms with Gasteiger partial charge in [0.1, 0.15) is 29.8 Å². The molecule has 1 fully saturated rings. The summed E-state index contributed by atoms with van der Waals surface area (Å²) in [4.78, 5) is 21.3. The van der Waals surface area contributed by atoms with Gasteiger partial charge in [-0.3, -0.25) is 4.79 Å². The molecular weight excluding hydrogens is 449 g/mol. The molecule has 0 spiro atoms. The number of rotatable bonds is 9. The molecule has 3 N–H and O–H groups in total. The van der Waals surface area contributed by atoms with E-state index >= 15 is 0 Å². The van der Waals surface area contributed by atoms with Gasteiger partial charge in [-0.15, -0.1) is 6.42 Å². The van der Waals surface area contributed by atoms with Gasteiger partial charge in [-0.2, -0.15) is 0 Å². The molecule has 1 aliphatic rings. The predicted molar refractivity (Wildman–Crippen MR) is 133 cm³/mol. The monoisotopic (exact) mass is 475 g/mol. The van der Waals surface area contributed by atoms with E-state index in [4.69, 9.17) is 15.9 Å². The molecule has 1 saturated heterocycles. The molecule has 8 nitrogen and oxygen atoms in total. The van der Waals surface area contributed by atoms with Crippen molar-refractivity contribution in [2.75, 3.05) is 36.9 Å². The van der Waals surface area contributed by atoms with Crippen LogP contribution in [0.2, 0.25) is 0 Å². The number of anilines is 3. The molecule has 1 aliphatic heterocycles. The van der Waals surface area contributed by atoms with E-state index < -0.39 is 5.82 Å². The van der Waals surface area contributed by atoms with Crippen LogP contribution in [0.5, 0.6) is 5.75 Å². The topological polar surface area (TPSA) is 97.4 Å². The van der Waals surface area contributed by atoms with Gasteiger partial charge in [0.2, 0.25) is 5.91 Å². The lowest BCUT2D eigenvalue weighted by Gasteiger charge is -2.17. The average molecular weight is 476 g/mol. The Kier molecular flexibility index (Phi) is 7.88. The van der Waals surface area contributed by atoms with E-state index in [1.165, 1.54) is 24.5 Å². The normalized spacial score (nSPS) is 15.3. The third kappa shape index (κ3) is 6.12. The molecule has 0 unspecified atom stereocenters.